The van der Waals surface area contributed by atoms with E-state index in [0.29, 0.717) is 23.6 Å². The van der Waals surface area contributed by atoms with Crippen LogP contribution in [0.2, 0.25) is 0 Å². The summed E-state index contributed by atoms with van der Waals surface area (Å²) < 4.78 is 31.1. The van der Waals surface area contributed by atoms with Gasteiger partial charge in [-0.15, -0.1) is 0 Å². The fourth-order valence-corrected chi connectivity index (χ4v) is 6.21. The third kappa shape index (κ3) is 5.58. The first-order valence-electron chi connectivity index (χ1n) is 12.7. The second-order valence-corrected chi connectivity index (χ2v) is 11.1. The van der Waals surface area contributed by atoms with E-state index in [2.05, 4.69) is 15.4 Å². The average Bonchev–Trinajstić information content (AvgIpc) is 3.50. The Kier molecular flexibility index (Phi) is 7.89. The van der Waals surface area contributed by atoms with Crippen LogP contribution in [-0.2, 0) is 16.6 Å². The molecule has 1 N–H and O–H groups in total. The monoisotopic (exact) mass is 564 g/mol. The molecule has 5 rings (SSSR count). The van der Waals surface area contributed by atoms with Crippen LogP contribution in [-0.4, -0.2) is 69.7 Å². The summed E-state index contributed by atoms with van der Waals surface area (Å²) in [6.07, 6.45) is 7.67. The first-order valence-corrected chi connectivity index (χ1v) is 14.2. The number of nitrogens with zero attached hydrogens (tertiary/aromatic N) is 7. The van der Waals surface area contributed by atoms with Gasteiger partial charge in [-0.25, -0.2) is 13.4 Å². The third-order valence-corrected chi connectivity index (χ3v) is 8.62. The Labute approximate surface area is 230 Å². The summed E-state index contributed by atoms with van der Waals surface area (Å²) in [6, 6.07) is 14.4. The van der Waals surface area contributed by atoms with E-state index in [1.807, 2.05) is 33.9 Å². The van der Waals surface area contributed by atoms with Crippen LogP contribution in [0.4, 0.5) is 17.1 Å². The zero-order chi connectivity index (χ0) is 28.1. The first kappa shape index (κ1) is 27.0. The number of sulfonamides is 1. The fraction of sp³-hybridized carbons (Fsp3) is 0.269. The molecule has 0 radical (unpaired) electrons. The number of imidazole rings is 1. The van der Waals surface area contributed by atoms with Crippen molar-refractivity contribution in [3.63, 3.8) is 0 Å². The van der Waals surface area contributed by atoms with E-state index in [4.69, 9.17) is 0 Å². The van der Waals surface area contributed by atoms with Crippen molar-refractivity contribution in [3.05, 3.63) is 100.0 Å². The van der Waals surface area contributed by atoms with Gasteiger partial charge in [0, 0.05) is 57.7 Å². The van der Waals surface area contributed by atoms with Gasteiger partial charge in [0.2, 0.25) is 10.0 Å². The summed E-state index contributed by atoms with van der Waals surface area (Å²) in [5, 5.41) is 19.1. The molecule has 0 spiro atoms. The Bertz CT molecular complexity index is 1630. The number of piperazine rings is 1. The standard InChI is InChI=1S/C26H28N8O5S/c35-26-25(28-11-6-13-30-14-12-27-20-30)23(19-29-33(26)21-7-2-1-3-8-21)31-15-17-32(18-16-31)40(38,39)24-10-5-4-9-22(24)34(36)37/h1-5,7-10,12,14,19-20,28H,6,11,13,15-18H2. The quantitative estimate of drug-likeness (QED) is 0.174. The van der Waals surface area contributed by atoms with Gasteiger partial charge in [-0.2, -0.15) is 14.1 Å². The van der Waals surface area contributed by atoms with E-state index in [-0.39, 0.29) is 36.6 Å². The second-order valence-electron chi connectivity index (χ2n) is 9.15. The van der Waals surface area contributed by atoms with Crippen LogP contribution in [0.15, 0.2) is 89.2 Å². The Balaban J connectivity index is 1.37. The molecule has 2 aromatic carbocycles. The Morgan fingerprint density at radius 2 is 1.73 bits per heavy atom. The number of hydrogen-bond acceptors (Lipinski definition) is 9. The molecule has 13 nitrogen and oxygen atoms in total. The number of aryl methyl sites for hydroxylation is 1. The smallest absolute Gasteiger partial charge is 0.296 e. The van der Waals surface area contributed by atoms with Crippen LogP contribution >= 0.6 is 0 Å². The van der Waals surface area contributed by atoms with E-state index in [0.717, 1.165) is 13.0 Å². The predicted octanol–water partition coefficient (Wildman–Crippen LogP) is 2.35. The number of nitro groups is 1. The van der Waals surface area contributed by atoms with Gasteiger partial charge in [-0.05, 0) is 24.6 Å². The number of aromatic nitrogens is 4. The van der Waals surface area contributed by atoms with Crippen molar-refractivity contribution in [1.82, 2.24) is 23.6 Å². The van der Waals surface area contributed by atoms with Gasteiger partial charge >= 0.3 is 0 Å². The average molecular weight is 565 g/mol. The summed E-state index contributed by atoms with van der Waals surface area (Å²) >= 11 is 0. The minimum atomic E-state index is -4.08. The van der Waals surface area contributed by atoms with Crippen molar-refractivity contribution in [2.45, 2.75) is 17.9 Å². The first-order chi connectivity index (χ1) is 19.4. The van der Waals surface area contributed by atoms with E-state index in [1.165, 1.54) is 33.3 Å². The Morgan fingerprint density at radius 1 is 1.00 bits per heavy atom. The highest BCUT2D eigenvalue weighted by atomic mass is 32.2. The van der Waals surface area contributed by atoms with E-state index >= 15 is 0 Å². The van der Waals surface area contributed by atoms with Crippen LogP contribution in [0.25, 0.3) is 5.69 Å². The summed E-state index contributed by atoms with van der Waals surface area (Å²) in [6.45, 7) is 1.99. The van der Waals surface area contributed by atoms with E-state index in [1.54, 1.807) is 30.9 Å². The molecule has 208 valence electrons. The highest BCUT2D eigenvalue weighted by Gasteiger charge is 2.34. The Morgan fingerprint density at radius 3 is 2.42 bits per heavy atom. The highest BCUT2D eigenvalue weighted by Crippen LogP contribution is 2.29. The molecule has 1 aliphatic rings. The highest BCUT2D eigenvalue weighted by molar-refractivity contribution is 7.89. The zero-order valence-corrected chi connectivity index (χ0v) is 22.4. The zero-order valence-electron chi connectivity index (χ0n) is 21.5. The van der Waals surface area contributed by atoms with Crippen LogP contribution in [0.3, 0.4) is 0 Å². The number of hydrogen-bond donors (Lipinski definition) is 1. The van der Waals surface area contributed by atoms with Gasteiger partial charge in [0.25, 0.3) is 11.2 Å². The van der Waals surface area contributed by atoms with Crippen LogP contribution in [0.1, 0.15) is 6.42 Å². The van der Waals surface area contributed by atoms with Crippen LogP contribution in [0.5, 0.6) is 0 Å². The van der Waals surface area contributed by atoms with Crippen molar-refractivity contribution in [1.29, 1.82) is 0 Å². The van der Waals surface area contributed by atoms with Gasteiger partial charge in [0.05, 0.1) is 28.8 Å². The molecule has 3 heterocycles. The van der Waals surface area contributed by atoms with Crippen molar-refractivity contribution >= 4 is 27.1 Å². The van der Waals surface area contributed by atoms with Gasteiger partial charge in [0.15, 0.2) is 4.90 Å². The molecule has 1 aliphatic heterocycles. The van der Waals surface area contributed by atoms with E-state index in [9.17, 15) is 23.3 Å². The van der Waals surface area contributed by atoms with E-state index < -0.39 is 20.6 Å². The van der Waals surface area contributed by atoms with Gasteiger partial charge in [-0.3, -0.25) is 14.9 Å². The molecule has 4 aromatic rings. The molecular formula is C26H28N8O5S. The lowest BCUT2D eigenvalue weighted by atomic mass is 10.2. The number of nitro benzene ring substituents is 1. The molecule has 1 fully saturated rings. The number of benzene rings is 2. The van der Waals surface area contributed by atoms with Crippen molar-refractivity contribution in [2.75, 3.05) is 42.9 Å². The normalized spacial score (nSPS) is 14.2. The second kappa shape index (κ2) is 11.7. The number of para-hydroxylation sites is 2. The van der Waals surface area contributed by atoms with Gasteiger partial charge in [-0.1, -0.05) is 30.3 Å². The van der Waals surface area contributed by atoms with Crippen LogP contribution < -0.4 is 15.8 Å². The molecule has 0 saturated carbocycles. The topological polar surface area (TPSA) is 148 Å². The summed E-state index contributed by atoms with van der Waals surface area (Å²) in [7, 11) is -4.08. The third-order valence-electron chi connectivity index (χ3n) is 6.67. The van der Waals surface area contributed by atoms with Gasteiger partial charge in [0.1, 0.15) is 5.69 Å². The summed E-state index contributed by atoms with van der Waals surface area (Å²) in [4.78, 5) is 29.9. The lowest BCUT2D eigenvalue weighted by Gasteiger charge is -2.35. The molecule has 0 aliphatic carbocycles. The summed E-state index contributed by atoms with van der Waals surface area (Å²) in [5.74, 6) is 0. The minimum Gasteiger partial charge on any atom is -0.379 e. The molecule has 0 unspecified atom stereocenters. The van der Waals surface area contributed by atoms with Crippen molar-refractivity contribution in [3.8, 4) is 5.69 Å². The van der Waals surface area contributed by atoms with Crippen LogP contribution in [0, 0.1) is 10.1 Å². The lowest BCUT2D eigenvalue weighted by molar-refractivity contribution is -0.387. The SMILES string of the molecule is O=c1c(NCCCn2ccnc2)c(N2CCN(S(=O)(=O)c3ccccc3[N+](=O)[O-])CC2)cnn1-c1ccccc1. The molecule has 0 bridgehead atoms. The molecule has 1 saturated heterocycles. The van der Waals surface area contributed by atoms with Gasteiger partial charge < -0.3 is 14.8 Å². The maximum absolute atomic E-state index is 13.6. The molecule has 0 atom stereocenters. The maximum atomic E-state index is 13.6. The molecule has 2 aromatic heterocycles. The largest absolute Gasteiger partial charge is 0.379 e. The number of anilines is 2. The fourth-order valence-electron chi connectivity index (χ4n) is 4.63. The minimum absolute atomic E-state index is 0.0935. The number of nitrogens with one attached hydrogen (secondary N) is 1. The molecule has 40 heavy (non-hydrogen) atoms. The van der Waals surface area contributed by atoms with Crippen molar-refractivity contribution in [2.24, 2.45) is 0 Å². The maximum Gasteiger partial charge on any atom is 0.296 e. The number of rotatable bonds is 10. The summed E-state index contributed by atoms with van der Waals surface area (Å²) in [5.41, 5.74) is 0.796. The lowest BCUT2D eigenvalue weighted by Crippen LogP contribution is -2.49. The predicted molar refractivity (Wildman–Crippen MR) is 149 cm³/mol. The molecule has 0 amide bonds. The Hall–Kier alpha value is -4.56. The molecular weight excluding hydrogens is 536 g/mol. The molecule has 14 heteroatoms. The van der Waals surface area contributed by atoms with Crippen molar-refractivity contribution < 1.29 is 13.3 Å².